The summed E-state index contributed by atoms with van der Waals surface area (Å²) < 4.78 is 16.6. The van der Waals surface area contributed by atoms with E-state index in [0.717, 1.165) is 0 Å². The number of methoxy groups -OCH3 is 1. The van der Waals surface area contributed by atoms with Crippen LogP contribution in [0.5, 0.6) is 5.75 Å². The monoisotopic (exact) mass is 258 g/mol. The van der Waals surface area contributed by atoms with Crippen molar-refractivity contribution in [1.82, 2.24) is 5.20 Å². The van der Waals surface area contributed by atoms with Gasteiger partial charge in [-0.05, 0) is 17.7 Å². The molecule has 0 bridgehead atoms. The molecule has 0 aliphatic carbocycles. The molecule has 6 N–H and O–H groups in total. The fourth-order valence-electron chi connectivity index (χ4n) is 1.15. The molecule has 8 heteroatoms. The normalized spacial score (nSPS) is 13.5. The van der Waals surface area contributed by atoms with Gasteiger partial charge in [-0.25, -0.2) is 5.20 Å². The number of nitrogens with one attached hydrogen (secondary N) is 1. The minimum Gasteiger partial charge on any atom is -0.497 e. The van der Waals surface area contributed by atoms with E-state index in [-0.39, 0.29) is 12.1 Å². The van der Waals surface area contributed by atoms with Crippen LogP contribution in [0.15, 0.2) is 29.4 Å². The summed E-state index contributed by atoms with van der Waals surface area (Å²) in [4.78, 5) is 9.54. The Kier molecular flexibility index (Phi) is 4.37. The number of nitrogens with zero attached hydrogens (tertiary/aromatic N) is 1. The van der Waals surface area contributed by atoms with Gasteiger partial charge in [0.05, 0.1) is 13.3 Å². The Balaban J connectivity index is 2.69. The Morgan fingerprint density at radius 1 is 1.47 bits per heavy atom. The van der Waals surface area contributed by atoms with E-state index in [1.807, 2.05) is 0 Å². The van der Waals surface area contributed by atoms with Crippen molar-refractivity contribution in [1.29, 1.82) is 0 Å². The summed E-state index contributed by atoms with van der Waals surface area (Å²) in [6, 6.07) is 6.80. The van der Waals surface area contributed by atoms with Crippen LogP contribution in [-0.4, -0.2) is 18.0 Å². The first-order valence-electron chi connectivity index (χ1n) is 4.73. The van der Waals surface area contributed by atoms with Gasteiger partial charge in [0.25, 0.3) is 0 Å². The molecule has 1 atom stereocenters. The lowest BCUT2D eigenvalue weighted by molar-refractivity contribution is 0.414. The molecular formula is C9H15N4O3P. The summed E-state index contributed by atoms with van der Waals surface area (Å²) in [5.74, 6) is 0.382. The Morgan fingerprint density at radius 2 is 2.06 bits per heavy atom. The van der Waals surface area contributed by atoms with Gasteiger partial charge in [-0.1, -0.05) is 12.1 Å². The number of hydrogen-bond donors (Lipinski definition) is 4. The van der Waals surface area contributed by atoms with Crippen LogP contribution in [0.1, 0.15) is 5.56 Å². The second-order valence-corrected chi connectivity index (χ2v) is 5.26. The Hall–Kier alpha value is -1.72. The summed E-state index contributed by atoms with van der Waals surface area (Å²) >= 11 is 0. The maximum atomic E-state index is 11.6. The van der Waals surface area contributed by atoms with Crippen molar-refractivity contribution in [2.75, 3.05) is 7.11 Å². The minimum atomic E-state index is -3.63. The van der Waals surface area contributed by atoms with E-state index in [1.54, 1.807) is 31.4 Å². The molecule has 1 unspecified atom stereocenters. The standard InChI is InChI=1S/C9H15N4O3P/c1-16-8-4-2-7(3-5-8)6-17(14,15)13-12-9(10)11/h2-5H,6H2,1H3,(H4,10,11,12)(H2,13,14,15). The molecule has 0 spiro atoms. The third-order valence-corrected chi connectivity index (χ3v) is 3.10. The van der Waals surface area contributed by atoms with Gasteiger partial charge in [-0.15, -0.1) is 5.10 Å². The van der Waals surface area contributed by atoms with E-state index in [2.05, 4.69) is 10.3 Å². The summed E-state index contributed by atoms with van der Waals surface area (Å²) in [6.07, 6.45) is -0.0756. The van der Waals surface area contributed by atoms with Crippen molar-refractivity contribution in [3.8, 4) is 5.75 Å². The molecule has 1 rings (SSSR count). The molecule has 0 radical (unpaired) electrons. The van der Waals surface area contributed by atoms with Crippen molar-refractivity contribution in [3.05, 3.63) is 29.8 Å². The molecule has 7 nitrogen and oxygen atoms in total. The van der Waals surface area contributed by atoms with Gasteiger partial charge >= 0.3 is 7.52 Å². The summed E-state index contributed by atoms with van der Waals surface area (Å²) in [6.45, 7) is 0. The van der Waals surface area contributed by atoms with Gasteiger partial charge in [0.2, 0.25) is 5.96 Å². The van der Waals surface area contributed by atoms with Gasteiger partial charge in [-0.2, -0.15) is 0 Å². The first kappa shape index (κ1) is 13.3. The van der Waals surface area contributed by atoms with Crippen molar-refractivity contribution in [3.63, 3.8) is 0 Å². The molecule has 0 aromatic heterocycles. The number of hydrazone groups is 1. The van der Waals surface area contributed by atoms with E-state index in [0.29, 0.717) is 11.3 Å². The highest BCUT2D eigenvalue weighted by Crippen LogP contribution is 2.39. The average Bonchev–Trinajstić information content (AvgIpc) is 2.27. The van der Waals surface area contributed by atoms with E-state index in [1.165, 1.54) is 0 Å². The first-order valence-corrected chi connectivity index (χ1v) is 6.58. The zero-order valence-corrected chi connectivity index (χ0v) is 10.2. The lowest BCUT2D eigenvalue weighted by atomic mass is 10.2. The average molecular weight is 258 g/mol. The lowest BCUT2D eigenvalue weighted by Gasteiger charge is -2.10. The first-order chi connectivity index (χ1) is 7.93. The maximum absolute atomic E-state index is 11.6. The second kappa shape index (κ2) is 5.56. The molecule has 1 aromatic carbocycles. The SMILES string of the molecule is COc1ccc(CP(=O)(O)NN=C(N)N)cc1. The van der Waals surface area contributed by atoms with Crippen LogP contribution >= 0.6 is 7.52 Å². The Morgan fingerprint density at radius 3 is 2.53 bits per heavy atom. The van der Waals surface area contributed by atoms with Gasteiger partial charge in [-0.3, -0.25) is 4.57 Å². The smallest absolute Gasteiger partial charge is 0.310 e. The second-order valence-electron chi connectivity index (χ2n) is 3.34. The predicted octanol–water partition coefficient (Wildman–Crippen LogP) is 0.159. The Labute approximate surface area is 99.0 Å². The molecule has 0 aliphatic rings. The zero-order valence-electron chi connectivity index (χ0n) is 9.33. The molecule has 17 heavy (non-hydrogen) atoms. The molecular weight excluding hydrogens is 243 g/mol. The number of hydrogen-bond acceptors (Lipinski definition) is 3. The topological polar surface area (TPSA) is 123 Å². The minimum absolute atomic E-state index is 0.0756. The highest BCUT2D eigenvalue weighted by Gasteiger charge is 2.17. The van der Waals surface area contributed by atoms with Gasteiger partial charge in [0, 0.05) is 0 Å². The number of nitrogens with two attached hydrogens (primary N) is 2. The lowest BCUT2D eigenvalue weighted by Crippen LogP contribution is -2.25. The third kappa shape index (κ3) is 4.76. The van der Waals surface area contributed by atoms with Crippen LogP contribution in [0.4, 0.5) is 0 Å². The number of guanidine groups is 1. The van der Waals surface area contributed by atoms with Crippen molar-refractivity contribution < 1.29 is 14.2 Å². The molecule has 0 amide bonds. The fourth-order valence-corrected chi connectivity index (χ4v) is 2.20. The third-order valence-electron chi connectivity index (χ3n) is 1.89. The molecule has 0 aliphatic heterocycles. The van der Waals surface area contributed by atoms with Crippen LogP contribution in [0, 0.1) is 0 Å². The van der Waals surface area contributed by atoms with E-state index < -0.39 is 7.52 Å². The van der Waals surface area contributed by atoms with Crippen molar-refractivity contribution in [2.45, 2.75) is 6.16 Å². The van der Waals surface area contributed by atoms with E-state index >= 15 is 0 Å². The van der Waals surface area contributed by atoms with Crippen LogP contribution in [-0.2, 0) is 10.7 Å². The van der Waals surface area contributed by atoms with Crippen molar-refractivity contribution in [2.24, 2.45) is 16.6 Å². The largest absolute Gasteiger partial charge is 0.497 e. The van der Waals surface area contributed by atoms with Crippen LogP contribution in [0.2, 0.25) is 0 Å². The molecule has 0 heterocycles. The quantitative estimate of drug-likeness (QED) is 0.258. The van der Waals surface area contributed by atoms with Crippen LogP contribution in [0.25, 0.3) is 0 Å². The van der Waals surface area contributed by atoms with E-state index in [9.17, 15) is 9.46 Å². The molecule has 0 saturated heterocycles. The molecule has 94 valence electrons. The zero-order chi connectivity index (χ0) is 12.9. The fraction of sp³-hybridized carbons (Fsp3) is 0.222. The van der Waals surface area contributed by atoms with E-state index in [4.69, 9.17) is 16.2 Å². The highest BCUT2D eigenvalue weighted by atomic mass is 31.2. The number of ether oxygens (including phenoxy) is 1. The number of benzene rings is 1. The summed E-state index contributed by atoms with van der Waals surface area (Å²) in [7, 11) is -2.08. The van der Waals surface area contributed by atoms with Gasteiger partial charge in [0.1, 0.15) is 5.75 Å². The summed E-state index contributed by atoms with van der Waals surface area (Å²) in [5, 5.41) is 5.36. The van der Waals surface area contributed by atoms with Crippen molar-refractivity contribution >= 4 is 13.5 Å². The van der Waals surface area contributed by atoms with Gasteiger partial charge in [0.15, 0.2) is 0 Å². The number of rotatable bonds is 5. The van der Waals surface area contributed by atoms with Crippen LogP contribution in [0.3, 0.4) is 0 Å². The van der Waals surface area contributed by atoms with Crippen LogP contribution < -0.4 is 21.4 Å². The molecule has 1 aromatic rings. The van der Waals surface area contributed by atoms with Gasteiger partial charge < -0.3 is 21.1 Å². The molecule has 0 fully saturated rings. The maximum Gasteiger partial charge on any atom is 0.310 e. The molecule has 0 saturated carbocycles. The predicted molar refractivity (Wildman–Crippen MR) is 65.5 cm³/mol. The highest BCUT2D eigenvalue weighted by molar-refractivity contribution is 7.54. The summed E-state index contributed by atoms with van der Waals surface area (Å²) in [5.41, 5.74) is 10.8. The Bertz CT molecular complexity index is 442.